The number of halogens is 1. The van der Waals surface area contributed by atoms with Gasteiger partial charge in [-0.05, 0) is 55.0 Å². The predicted octanol–water partition coefficient (Wildman–Crippen LogP) is 3.36. The standard InChI is InChI=1S/C18H17FN2O4S/c1-2-24-17-6-5-14(11-15(17)19)26(22,23)21-12-13-7-8-20-16(10-13)18-4-3-9-25-18/h3-11,21H,2,12H2,1H3. The lowest BCUT2D eigenvalue weighted by molar-refractivity contribution is 0.321. The number of hydrogen-bond acceptors (Lipinski definition) is 5. The van der Waals surface area contributed by atoms with Gasteiger partial charge in [-0.25, -0.2) is 17.5 Å². The van der Waals surface area contributed by atoms with Crippen LogP contribution >= 0.6 is 0 Å². The number of furan rings is 1. The molecule has 1 N–H and O–H groups in total. The van der Waals surface area contributed by atoms with E-state index >= 15 is 0 Å². The summed E-state index contributed by atoms with van der Waals surface area (Å²) in [6.45, 7) is 2.05. The van der Waals surface area contributed by atoms with Crippen LogP contribution in [0.5, 0.6) is 5.75 Å². The Balaban J connectivity index is 1.74. The highest BCUT2D eigenvalue weighted by atomic mass is 32.2. The van der Waals surface area contributed by atoms with Crippen molar-refractivity contribution in [1.29, 1.82) is 0 Å². The van der Waals surface area contributed by atoms with E-state index in [0.29, 0.717) is 23.6 Å². The molecule has 1 aromatic carbocycles. The summed E-state index contributed by atoms with van der Waals surface area (Å²) in [7, 11) is -3.87. The topological polar surface area (TPSA) is 81.4 Å². The molecule has 0 spiro atoms. The Hall–Kier alpha value is -2.71. The fraction of sp³-hybridized carbons (Fsp3) is 0.167. The number of pyridine rings is 1. The van der Waals surface area contributed by atoms with Crippen LogP contribution < -0.4 is 9.46 Å². The summed E-state index contributed by atoms with van der Waals surface area (Å²) < 4.78 is 51.5. The Labute approximate surface area is 150 Å². The molecule has 2 aromatic heterocycles. The number of nitrogens with zero attached hydrogens (tertiary/aromatic N) is 1. The van der Waals surface area contributed by atoms with Gasteiger partial charge in [-0.2, -0.15) is 0 Å². The smallest absolute Gasteiger partial charge is 0.240 e. The number of benzene rings is 1. The molecule has 0 aliphatic rings. The molecule has 0 saturated heterocycles. The SMILES string of the molecule is CCOc1ccc(S(=O)(=O)NCc2ccnc(-c3ccco3)c2)cc1F. The van der Waals surface area contributed by atoms with Crippen molar-refractivity contribution in [2.75, 3.05) is 6.61 Å². The van der Waals surface area contributed by atoms with E-state index < -0.39 is 15.8 Å². The number of ether oxygens (including phenoxy) is 1. The fourth-order valence-electron chi connectivity index (χ4n) is 2.33. The molecule has 0 bridgehead atoms. The summed E-state index contributed by atoms with van der Waals surface area (Å²) in [5.41, 5.74) is 1.29. The third-order valence-corrected chi connectivity index (χ3v) is 4.98. The summed E-state index contributed by atoms with van der Waals surface area (Å²) in [5, 5.41) is 0. The van der Waals surface area contributed by atoms with Crippen molar-refractivity contribution in [3.8, 4) is 17.2 Å². The van der Waals surface area contributed by atoms with Crippen molar-refractivity contribution in [2.45, 2.75) is 18.4 Å². The molecule has 0 unspecified atom stereocenters. The van der Waals surface area contributed by atoms with Crippen molar-refractivity contribution >= 4 is 10.0 Å². The lowest BCUT2D eigenvalue weighted by Crippen LogP contribution is -2.23. The Kier molecular flexibility index (Phi) is 5.34. The Morgan fingerprint density at radius 2 is 2.08 bits per heavy atom. The number of sulfonamides is 1. The van der Waals surface area contributed by atoms with Crippen molar-refractivity contribution in [3.05, 3.63) is 66.3 Å². The minimum Gasteiger partial charge on any atom is -0.491 e. The average Bonchev–Trinajstić information content (AvgIpc) is 3.17. The largest absolute Gasteiger partial charge is 0.491 e. The van der Waals surface area contributed by atoms with Gasteiger partial charge in [-0.15, -0.1) is 0 Å². The van der Waals surface area contributed by atoms with E-state index in [-0.39, 0.29) is 17.2 Å². The van der Waals surface area contributed by atoms with Gasteiger partial charge in [0.05, 0.1) is 17.8 Å². The highest BCUT2D eigenvalue weighted by Gasteiger charge is 2.17. The van der Waals surface area contributed by atoms with E-state index in [1.54, 1.807) is 37.4 Å². The van der Waals surface area contributed by atoms with Crippen LogP contribution in [0.3, 0.4) is 0 Å². The summed E-state index contributed by atoms with van der Waals surface area (Å²) in [6, 6.07) is 10.5. The van der Waals surface area contributed by atoms with E-state index in [1.807, 2.05) is 0 Å². The predicted molar refractivity (Wildman–Crippen MR) is 93.5 cm³/mol. The van der Waals surface area contributed by atoms with Crippen molar-refractivity contribution in [3.63, 3.8) is 0 Å². The van der Waals surface area contributed by atoms with Crippen LogP contribution in [0.25, 0.3) is 11.5 Å². The summed E-state index contributed by atoms with van der Waals surface area (Å²) in [6.07, 6.45) is 3.10. The number of aromatic nitrogens is 1. The van der Waals surface area contributed by atoms with E-state index in [2.05, 4.69) is 9.71 Å². The molecule has 0 aliphatic heterocycles. The highest BCUT2D eigenvalue weighted by Crippen LogP contribution is 2.22. The quantitative estimate of drug-likeness (QED) is 0.684. The van der Waals surface area contributed by atoms with E-state index in [1.165, 1.54) is 18.4 Å². The summed E-state index contributed by atoms with van der Waals surface area (Å²) in [5.74, 6) is -0.120. The molecular weight excluding hydrogens is 359 g/mol. The second-order valence-corrected chi connectivity index (χ2v) is 7.14. The molecule has 3 aromatic rings. The maximum atomic E-state index is 13.9. The van der Waals surface area contributed by atoms with Crippen LogP contribution in [0.1, 0.15) is 12.5 Å². The van der Waals surface area contributed by atoms with Gasteiger partial charge in [0, 0.05) is 12.7 Å². The molecule has 2 heterocycles. The molecule has 0 radical (unpaired) electrons. The average molecular weight is 376 g/mol. The molecule has 136 valence electrons. The van der Waals surface area contributed by atoms with Gasteiger partial charge in [-0.3, -0.25) is 4.98 Å². The van der Waals surface area contributed by atoms with Gasteiger partial charge >= 0.3 is 0 Å². The summed E-state index contributed by atoms with van der Waals surface area (Å²) in [4.78, 5) is 4.02. The lowest BCUT2D eigenvalue weighted by Gasteiger charge is -2.09. The Bertz CT molecular complexity index is 988. The minimum absolute atomic E-state index is 0.0173. The minimum atomic E-state index is -3.87. The zero-order valence-electron chi connectivity index (χ0n) is 14.0. The number of hydrogen-bond donors (Lipinski definition) is 1. The maximum absolute atomic E-state index is 13.9. The second-order valence-electron chi connectivity index (χ2n) is 5.38. The zero-order chi connectivity index (χ0) is 18.6. The molecule has 3 rings (SSSR count). The van der Waals surface area contributed by atoms with Gasteiger partial charge in [0.15, 0.2) is 17.3 Å². The number of rotatable bonds is 7. The van der Waals surface area contributed by atoms with Crippen LogP contribution in [0.2, 0.25) is 0 Å². The Morgan fingerprint density at radius 3 is 2.77 bits per heavy atom. The third kappa shape index (κ3) is 4.09. The van der Waals surface area contributed by atoms with Crippen LogP contribution in [0.15, 0.2) is 64.2 Å². The monoisotopic (exact) mass is 376 g/mol. The third-order valence-electron chi connectivity index (χ3n) is 3.58. The van der Waals surface area contributed by atoms with Gasteiger partial charge < -0.3 is 9.15 Å². The van der Waals surface area contributed by atoms with Gasteiger partial charge in [0.1, 0.15) is 5.69 Å². The van der Waals surface area contributed by atoms with Crippen LogP contribution in [0, 0.1) is 5.82 Å². The maximum Gasteiger partial charge on any atom is 0.240 e. The van der Waals surface area contributed by atoms with Crippen LogP contribution in [-0.2, 0) is 16.6 Å². The van der Waals surface area contributed by atoms with Gasteiger partial charge in [-0.1, -0.05) is 0 Å². The van der Waals surface area contributed by atoms with Crippen molar-refractivity contribution in [2.24, 2.45) is 0 Å². The van der Waals surface area contributed by atoms with Crippen molar-refractivity contribution in [1.82, 2.24) is 9.71 Å². The Morgan fingerprint density at radius 1 is 1.23 bits per heavy atom. The molecule has 0 amide bonds. The first kappa shape index (κ1) is 18.1. The zero-order valence-corrected chi connectivity index (χ0v) is 14.8. The molecule has 8 heteroatoms. The van der Waals surface area contributed by atoms with E-state index in [4.69, 9.17) is 9.15 Å². The highest BCUT2D eigenvalue weighted by molar-refractivity contribution is 7.89. The second kappa shape index (κ2) is 7.67. The van der Waals surface area contributed by atoms with E-state index in [0.717, 1.165) is 6.07 Å². The molecule has 0 aliphatic carbocycles. The van der Waals surface area contributed by atoms with Crippen molar-refractivity contribution < 1.29 is 22.0 Å². The first-order chi connectivity index (χ1) is 12.5. The molecule has 6 nitrogen and oxygen atoms in total. The van der Waals surface area contributed by atoms with Gasteiger partial charge in [0.2, 0.25) is 10.0 Å². The molecular formula is C18H17FN2O4S. The van der Waals surface area contributed by atoms with Crippen LogP contribution in [-0.4, -0.2) is 20.0 Å². The first-order valence-electron chi connectivity index (χ1n) is 7.90. The lowest BCUT2D eigenvalue weighted by atomic mass is 10.2. The molecule has 0 atom stereocenters. The first-order valence-corrected chi connectivity index (χ1v) is 9.39. The molecule has 26 heavy (non-hydrogen) atoms. The van der Waals surface area contributed by atoms with E-state index in [9.17, 15) is 12.8 Å². The fourth-order valence-corrected chi connectivity index (χ4v) is 3.36. The summed E-state index contributed by atoms with van der Waals surface area (Å²) >= 11 is 0. The molecule has 0 saturated carbocycles. The van der Waals surface area contributed by atoms with Crippen LogP contribution in [0.4, 0.5) is 4.39 Å². The number of nitrogens with one attached hydrogen (secondary N) is 1. The van der Waals surface area contributed by atoms with Gasteiger partial charge in [0.25, 0.3) is 0 Å². The molecule has 0 fully saturated rings. The normalized spacial score (nSPS) is 11.5.